The zero-order chi connectivity index (χ0) is 19.3. The van der Waals surface area contributed by atoms with Crippen molar-refractivity contribution in [3.05, 3.63) is 71.8 Å². The Bertz CT molecular complexity index is 751. The van der Waals surface area contributed by atoms with E-state index in [9.17, 15) is 9.90 Å². The standard InChI is InChI=1S/C24H30N2O2/c27-17-23(19-9-5-2-6-10-19)24(28)25-13-22-20-11-12-21(22)16-26(15-20)14-18-7-3-1-4-8-18/h1-10,20-23,27H,11-17H2,(H,25,28)/t20?,21?,22?,23-/m1/s1. The number of hydrogen-bond acceptors (Lipinski definition) is 3. The van der Waals surface area contributed by atoms with Gasteiger partial charge >= 0.3 is 0 Å². The van der Waals surface area contributed by atoms with Crippen molar-refractivity contribution in [2.75, 3.05) is 26.2 Å². The van der Waals surface area contributed by atoms with Crippen LogP contribution in [-0.2, 0) is 11.3 Å². The van der Waals surface area contributed by atoms with Crippen molar-refractivity contribution in [2.24, 2.45) is 17.8 Å². The van der Waals surface area contributed by atoms with E-state index in [1.54, 1.807) is 0 Å². The molecule has 148 valence electrons. The Morgan fingerprint density at radius 3 is 2.21 bits per heavy atom. The first-order valence-corrected chi connectivity index (χ1v) is 10.4. The minimum atomic E-state index is -0.475. The highest BCUT2D eigenvalue weighted by atomic mass is 16.3. The van der Waals surface area contributed by atoms with E-state index in [4.69, 9.17) is 0 Å². The van der Waals surface area contributed by atoms with Crippen molar-refractivity contribution >= 4 is 5.91 Å². The monoisotopic (exact) mass is 378 g/mol. The third-order valence-electron chi connectivity index (χ3n) is 6.57. The second-order valence-corrected chi connectivity index (χ2v) is 8.33. The quantitative estimate of drug-likeness (QED) is 0.779. The Balaban J connectivity index is 1.32. The molecule has 3 atom stereocenters. The van der Waals surface area contributed by atoms with Gasteiger partial charge in [0.25, 0.3) is 0 Å². The lowest BCUT2D eigenvalue weighted by Gasteiger charge is -2.38. The van der Waals surface area contributed by atoms with Crippen LogP contribution in [0.1, 0.15) is 29.9 Å². The molecule has 4 nitrogen and oxygen atoms in total. The molecule has 1 aliphatic heterocycles. The predicted molar refractivity (Wildman–Crippen MR) is 111 cm³/mol. The van der Waals surface area contributed by atoms with E-state index in [0.29, 0.717) is 17.8 Å². The maximum atomic E-state index is 12.7. The van der Waals surface area contributed by atoms with Gasteiger partial charge in [-0.2, -0.15) is 0 Å². The van der Waals surface area contributed by atoms with E-state index in [2.05, 4.69) is 40.5 Å². The van der Waals surface area contributed by atoms with E-state index in [-0.39, 0.29) is 12.5 Å². The summed E-state index contributed by atoms with van der Waals surface area (Å²) in [5.41, 5.74) is 2.26. The Hall–Kier alpha value is -2.17. The molecule has 4 rings (SSSR count). The van der Waals surface area contributed by atoms with E-state index in [0.717, 1.165) is 31.7 Å². The second kappa shape index (κ2) is 8.89. The van der Waals surface area contributed by atoms with Crippen molar-refractivity contribution in [3.8, 4) is 0 Å². The highest BCUT2D eigenvalue weighted by Gasteiger charge is 2.41. The summed E-state index contributed by atoms with van der Waals surface area (Å²) in [4.78, 5) is 15.3. The number of carbonyl (C=O) groups excluding carboxylic acids is 1. The van der Waals surface area contributed by atoms with Gasteiger partial charge < -0.3 is 10.4 Å². The van der Waals surface area contributed by atoms with Crippen LogP contribution in [-0.4, -0.2) is 42.2 Å². The van der Waals surface area contributed by atoms with Crippen LogP contribution < -0.4 is 5.32 Å². The van der Waals surface area contributed by atoms with Gasteiger partial charge in [0.1, 0.15) is 0 Å². The molecule has 1 saturated carbocycles. The number of rotatable bonds is 7. The molecule has 2 aromatic carbocycles. The molecule has 4 heteroatoms. The molecule has 1 aliphatic carbocycles. The lowest BCUT2D eigenvalue weighted by molar-refractivity contribution is -0.123. The molecule has 0 aromatic heterocycles. The fraction of sp³-hybridized carbons (Fsp3) is 0.458. The van der Waals surface area contributed by atoms with Gasteiger partial charge in [0.05, 0.1) is 12.5 Å². The van der Waals surface area contributed by atoms with E-state index in [1.165, 1.54) is 18.4 Å². The summed E-state index contributed by atoms with van der Waals surface area (Å²) >= 11 is 0. The van der Waals surface area contributed by atoms with Gasteiger partial charge in [-0.3, -0.25) is 9.69 Å². The van der Waals surface area contributed by atoms with Crippen molar-refractivity contribution in [1.29, 1.82) is 0 Å². The van der Waals surface area contributed by atoms with Gasteiger partial charge in [-0.15, -0.1) is 0 Å². The molecule has 0 radical (unpaired) electrons. The van der Waals surface area contributed by atoms with Gasteiger partial charge in [0.15, 0.2) is 0 Å². The van der Waals surface area contributed by atoms with Crippen molar-refractivity contribution in [1.82, 2.24) is 10.2 Å². The van der Waals surface area contributed by atoms with Crippen LogP contribution in [0.4, 0.5) is 0 Å². The van der Waals surface area contributed by atoms with E-state index >= 15 is 0 Å². The SMILES string of the molecule is O=C(NCC1C2CCC1CN(Cc1ccccc1)C2)[C@H](CO)c1ccccc1. The van der Waals surface area contributed by atoms with Gasteiger partial charge in [-0.05, 0) is 41.7 Å². The van der Waals surface area contributed by atoms with Crippen molar-refractivity contribution < 1.29 is 9.90 Å². The summed E-state index contributed by atoms with van der Waals surface area (Å²) in [5.74, 6) is 1.35. The number of amides is 1. The fourth-order valence-corrected chi connectivity index (χ4v) is 5.10. The molecule has 2 bridgehead atoms. The number of fused-ring (bicyclic) bond motifs is 2. The molecule has 2 aliphatic rings. The predicted octanol–water partition coefficient (Wildman–Crippen LogP) is 3.04. The number of hydrogen-bond donors (Lipinski definition) is 2. The van der Waals surface area contributed by atoms with Gasteiger partial charge in [0.2, 0.25) is 5.91 Å². The third-order valence-corrected chi connectivity index (χ3v) is 6.57. The average Bonchev–Trinajstić information content (AvgIpc) is 2.97. The fourth-order valence-electron chi connectivity index (χ4n) is 5.10. The topological polar surface area (TPSA) is 52.6 Å². The molecule has 2 unspecified atom stereocenters. The number of aliphatic hydroxyl groups excluding tert-OH is 1. The summed E-state index contributed by atoms with van der Waals surface area (Å²) in [6.45, 7) is 3.84. The molecule has 1 heterocycles. The van der Waals surface area contributed by atoms with Gasteiger partial charge in [0, 0.05) is 26.2 Å². The van der Waals surface area contributed by atoms with Crippen LogP contribution in [0.15, 0.2) is 60.7 Å². The summed E-state index contributed by atoms with van der Waals surface area (Å²) in [6, 6.07) is 20.3. The number of likely N-dealkylation sites (tertiary alicyclic amines) is 1. The lowest BCUT2D eigenvalue weighted by Crippen LogP contribution is -2.46. The summed E-state index contributed by atoms with van der Waals surface area (Å²) in [5, 5.41) is 12.9. The molecule has 2 aromatic rings. The highest BCUT2D eigenvalue weighted by Crippen LogP contribution is 2.42. The van der Waals surface area contributed by atoms with Crippen LogP contribution in [0.2, 0.25) is 0 Å². The molecule has 2 fully saturated rings. The van der Waals surface area contributed by atoms with Crippen LogP contribution >= 0.6 is 0 Å². The number of nitrogens with zero attached hydrogens (tertiary/aromatic N) is 1. The number of aliphatic hydroxyl groups is 1. The highest BCUT2D eigenvalue weighted by molar-refractivity contribution is 5.83. The minimum absolute atomic E-state index is 0.0557. The van der Waals surface area contributed by atoms with Crippen molar-refractivity contribution in [3.63, 3.8) is 0 Å². The lowest BCUT2D eigenvalue weighted by atomic mass is 9.84. The molecule has 0 spiro atoms. The molecular formula is C24H30N2O2. The van der Waals surface area contributed by atoms with Crippen LogP contribution in [0.25, 0.3) is 0 Å². The molecular weight excluding hydrogens is 348 g/mol. The molecule has 1 saturated heterocycles. The zero-order valence-electron chi connectivity index (χ0n) is 16.3. The number of carbonyl (C=O) groups is 1. The van der Waals surface area contributed by atoms with Gasteiger partial charge in [-0.25, -0.2) is 0 Å². The number of nitrogens with one attached hydrogen (secondary N) is 1. The number of benzene rings is 2. The van der Waals surface area contributed by atoms with Crippen LogP contribution in [0.5, 0.6) is 0 Å². The van der Waals surface area contributed by atoms with Crippen molar-refractivity contribution in [2.45, 2.75) is 25.3 Å². The minimum Gasteiger partial charge on any atom is -0.395 e. The molecule has 2 N–H and O–H groups in total. The Morgan fingerprint density at radius 2 is 1.61 bits per heavy atom. The summed E-state index contributed by atoms with van der Waals surface area (Å²) < 4.78 is 0. The van der Waals surface area contributed by atoms with E-state index in [1.807, 2.05) is 30.3 Å². The van der Waals surface area contributed by atoms with Crippen LogP contribution in [0.3, 0.4) is 0 Å². The van der Waals surface area contributed by atoms with E-state index < -0.39 is 5.92 Å². The summed E-state index contributed by atoms with van der Waals surface area (Å²) in [6.07, 6.45) is 2.53. The zero-order valence-corrected chi connectivity index (χ0v) is 16.3. The first kappa shape index (κ1) is 19.2. The Labute approximate surface area is 167 Å². The molecule has 1 amide bonds. The van der Waals surface area contributed by atoms with Gasteiger partial charge in [-0.1, -0.05) is 60.7 Å². The average molecular weight is 379 g/mol. The summed E-state index contributed by atoms with van der Waals surface area (Å²) in [7, 11) is 0. The Kier molecular flexibility index (Phi) is 6.08. The second-order valence-electron chi connectivity index (χ2n) is 8.33. The smallest absolute Gasteiger partial charge is 0.229 e. The first-order chi connectivity index (χ1) is 13.7. The Morgan fingerprint density at radius 1 is 1.00 bits per heavy atom. The normalized spacial score (nSPS) is 25.4. The molecule has 28 heavy (non-hydrogen) atoms. The first-order valence-electron chi connectivity index (χ1n) is 10.4. The van der Waals surface area contributed by atoms with Crippen LogP contribution in [0, 0.1) is 17.8 Å². The third kappa shape index (κ3) is 4.29. The largest absolute Gasteiger partial charge is 0.395 e. The number of piperidine rings is 1. The maximum absolute atomic E-state index is 12.7. The maximum Gasteiger partial charge on any atom is 0.229 e.